The molecule has 5 nitrogen and oxygen atoms in total. The minimum Gasteiger partial charge on any atom is -0.453 e. The molecule has 0 fully saturated rings. The van der Waals surface area contributed by atoms with Crippen molar-refractivity contribution < 1.29 is 19.2 Å². The van der Waals surface area contributed by atoms with Crippen LogP contribution in [-0.2, 0) is 0 Å². The molecule has 0 amide bonds. The molecule has 6 heteroatoms. The maximum Gasteiger partial charge on any atom is 0.276 e. The minimum absolute atomic E-state index is 0.109. The van der Waals surface area contributed by atoms with Crippen molar-refractivity contribution in [1.29, 1.82) is 0 Å². The van der Waals surface area contributed by atoms with Gasteiger partial charge in [-0.2, -0.15) is 0 Å². The summed E-state index contributed by atoms with van der Waals surface area (Å²) >= 11 is 0. The third kappa shape index (κ3) is 3.00. The molecule has 2 aromatic carbocycles. The first kappa shape index (κ1) is 14.9. The number of nitrogens with zero attached hydrogens (tertiary/aromatic N) is 1. The largest absolute Gasteiger partial charge is 0.453 e. The fourth-order valence-electron chi connectivity index (χ4n) is 1.98. The van der Waals surface area contributed by atoms with Gasteiger partial charge in [0, 0.05) is 11.6 Å². The molecular formula is C15H14FNO4. The fraction of sp³-hybridized carbons (Fsp3) is 0.200. The van der Waals surface area contributed by atoms with E-state index in [0.717, 1.165) is 0 Å². The first-order valence-corrected chi connectivity index (χ1v) is 6.30. The highest BCUT2D eigenvalue weighted by molar-refractivity contribution is 5.51. The van der Waals surface area contributed by atoms with Gasteiger partial charge >= 0.3 is 0 Å². The van der Waals surface area contributed by atoms with Crippen LogP contribution in [-0.4, -0.2) is 10.0 Å². The maximum absolute atomic E-state index is 13.9. The molecule has 2 rings (SSSR count). The number of nitro groups is 1. The van der Waals surface area contributed by atoms with Gasteiger partial charge in [0.2, 0.25) is 0 Å². The van der Waals surface area contributed by atoms with E-state index in [9.17, 15) is 19.6 Å². The van der Waals surface area contributed by atoms with Crippen LogP contribution in [0, 0.1) is 22.9 Å². The second-order valence-electron chi connectivity index (χ2n) is 4.59. The lowest BCUT2D eigenvalue weighted by Gasteiger charge is -2.15. The van der Waals surface area contributed by atoms with E-state index in [0.29, 0.717) is 5.56 Å². The number of benzene rings is 2. The average Bonchev–Trinajstić information content (AvgIpc) is 2.42. The van der Waals surface area contributed by atoms with E-state index < -0.39 is 16.8 Å². The number of nitro benzene ring substituents is 1. The van der Waals surface area contributed by atoms with Crippen molar-refractivity contribution in [2.75, 3.05) is 0 Å². The molecule has 0 saturated carbocycles. The highest BCUT2D eigenvalue weighted by atomic mass is 19.1. The molecule has 0 bridgehead atoms. The second-order valence-corrected chi connectivity index (χ2v) is 4.59. The van der Waals surface area contributed by atoms with Crippen LogP contribution in [0.25, 0.3) is 0 Å². The van der Waals surface area contributed by atoms with E-state index in [1.54, 1.807) is 0 Å². The molecule has 0 aliphatic carbocycles. The van der Waals surface area contributed by atoms with E-state index in [-0.39, 0.29) is 22.7 Å². The Balaban J connectivity index is 2.49. The van der Waals surface area contributed by atoms with Gasteiger partial charge in [0.05, 0.1) is 16.6 Å². The van der Waals surface area contributed by atoms with Crippen molar-refractivity contribution in [3.8, 4) is 11.5 Å². The molecular weight excluding hydrogens is 277 g/mol. The summed E-state index contributed by atoms with van der Waals surface area (Å²) in [5.41, 5.74) is 0.464. The van der Waals surface area contributed by atoms with Crippen LogP contribution in [0.15, 0.2) is 36.4 Å². The van der Waals surface area contributed by atoms with Crippen molar-refractivity contribution in [3.63, 3.8) is 0 Å². The summed E-state index contributed by atoms with van der Waals surface area (Å²) in [6.07, 6.45) is -0.922. The maximum atomic E-state index is 13.9. The van der Waals surface area contributed by atoms with Crippen molar-refractivity contribution in [1.82, 2.24) is 0 Å². The molecule has 21 heavy (non-hydrogen) atoms. The van der Waals surface area contributed by atoms with Gasteiger partial charge in [-0.05, 0) is 26.0 Å². The molecule has 1 atom stereocenters. The van der Waals surface area contributed by atoms with Crippen molar-refractivity contribution in [2.45, 2.75) is 20.0 Å². The third-order valence-electron chi connectivity index (χ3n) is 3.11. The van der Waals surface area contributed by atoms with Crippen LogP contribution >= 0.6 is 0 Å². The number of aliphatic hydroxyl groups excluding tert-OH is 1. The summed E-state index contributed by atoms with van der Waals surface area (Å²) in [6, 6.07) is 8.53. The van der Waals surface area contributed by atoms with E-state index in [2.05, 4.69) is 0 Å². The molecule has 1 N–H and O–H groups in total. The van der Waals surface area contributed by atoms with E-state index in [1.807, 2.05) is 0 Å². The number of aliphatic hydroxyl groups is 1. The third-order valence-corrected chi connectivity index (χ3v) is 3.11. The zero-order valence-electron chi connectivity index (χ0n) is 11.5. The van der Waals surface area contributed by atoms with Crippen molar-refractivity contribution in [3.05, 3.63) is 63.5 Å². The summed E-state index contributed by atoms with van der Waals surface area (Å²) in [7, 11) is 0. The van der Waals surface area contributed by atoms with Gasteiger partial charge in [-0.25, -0.2) is 4.39 Å². The van der Waals surface area contributed by atoms with Crippen LogP contribution in [0.4, 0.5) is 10.1 Å². The lowest BCUT2D eigenvalue weighted by atomic mass is 10.1. The molecule has 0 aromatic heterocycles. The average molecular weight is 291 g/mol. The van der Waals surface area contributed by atoms with Gasteiger partial charge in [0.25, 0.3) is 5.69 Å². The standard InChI is InChI=1S/C15H14FNO4/c1-9-13(17(19)20)7-4-8-14(9)21-15-11(10(2)18)5-3-6-12(15)16/h3-8,10,18H,1-2H3/t10-/m0/s1. The van der Waals surface area contributed by atoms with Gasteiger partial charge in [0.15, 0.2) is 11.6 Å². The van der Waals surface area contributed by atoms with Gasteiger partial charge in [-0.3, -0.25) is 10.1 Å². The molecule has 0 aliphatic heterocycles. The Morgan fingerprint density at radius 2 is 1.95 bits per heavy atom. The van der Waals surface area contributed by atoms with Gasteiger partial charge in [-0.15, -0.1) is 0 Å². The van der Waals surface area contributed by atoms with E-state index in [4.69, 9.17) is 4.74 Å². The Morgan fingerprint density at radius 3 is 2.57 bits per heavy atom. The number of rotatable bonds is 4. The van der Waals surface area contributed by atoms with Gasteiger partial charge in [-0.1, -0.05) is 18.2 Å². The predicted octanol–water partition coefficient (Wildman–Crippen LogP) is 3.89. The molecule has 0 spiro atoms. The first-order chi connectivity index (χ1) is 9.91. The zero-order valence-corrected chi connectivity index (χ0v) is 11.5. The quantitative estimate of drug-likeness (QED) is 0.685. The van der Waals surface area contributed by atoms with E-state index in [1.165, 1.54) is 50.2 Å². The first-order valence-electron chi connectivity index (χ1n) is 6.30. The highest BCUT2D eigenvalue weighted by Gasteiger charge is 2.19. The summed E-state index contributed by atoms with van der Waals surface area (Å²) in [4.78, 5) is 10.4. The molecule has 0 aliphatic rings. The Kier molecular flexibility index (Phi) is 4.18. The Labute approximate surface area is 120 Å². The summed E-state index contributed by atoms with van der Waals surface area (Å²) in [5, 5.41) is 20.6. The van der Waals surface area contributed by atoms with Crippen LogP contribution in [0.2, 0.25) is 0 Å². The summed E-state index contributed by atoms with van der Waals surface area (Å²) in [6.45, 7) is 3.01. The Hall–Kier alpha value is -2.47. The smallest absolute Gasteiger partial charge is 0.276 e. The number of hydrogen-bond acceptors (Lipinski definition) is 4. The van der Waals surface area contributed by atoms with Gasteiger partial charge < -0.3 is 9.84 Å². The Morgan fingerprint density at radius 1 is 1.29 bits per heavy atom. The lowest BCUT2D eigenvalue weighted by Crippen LogP contribution is -2.00. The van der Waals surface area contributed by atoms with Crippen LogP contribution < -0.4 is 4.74 Å². The summed E-state index contributed by atoms with van der Waals surface area (Å²) in [5.74, 6) is -0.591. The van der Waals surface area contributed by atoms with Gasteiger partial charge in [0.1, 0.15) is 5.75 Å². The molecule has 0 unspecified atom stereocenters. The molecule has 110 valence electrons. The fourth-order valence-corrected chi connectivity index (χ4v) is 1.98. The topological polar surface area (TPSA) is 72.6 Å². The number of hydrogen-bond donors (Lipinski definition) is 1. The highest BCUT2D eigenvalue weighted by Crippen LogP contribution is 2.35. The normalized spacial score (nSPS) is 12.0. The monoisotopic (exact) mass is 291 g/mol. The number of halogens is 1. The number of para-hydroxylation sites is 1. The van der Waals surface area contributed by atoms with Crippen LogP contribution in [0.1, 0.15) is 24.2 Å². The molecule has 0 heterocycles. The predicted molar refractivity (Wildman–Crippen MR) is 74.9 cm³/mol. The molecule has 0 saturated heterocycles. The van der Waals surface area contributed by atoms with E-state index >= 15 is 0 Å². The van der Waals surface area contributed by atoms with Crippen molar-refractivity contribution >= 4 is 5.69 Å². The molecule has 2 aromatic rings. The Bertz CT molecular complexity index is 685. The molecule has 0 radical (unpaired) electrons. The van der Waals surface area contributed by atoms with Crippen LogP contribution in [0.3, 0.4) is 0 Å². The minimum atomic E-state index is -0.922. The van der Waals surface area contributed by atoms with Crippen molar-refractivity contribution in [2.24, 2.45) is 0 Å². The summed E-state index contributed by atoms with van der Waals surface area (Å²) < 4.78 is 19.4. The van der Waals surface area contributed by atoms with Crippen LogP contribution in [0.5, 0.6) is 11.5 Å². The SMILES string of the molecule is Cc1c(Oc2c(F)cccc2[C@H](C)O)cccc1[N+](=O)[O-]. The lowest BCUT2D eigenvalue weighted by molar-refractivity contribution is -0.385. The second kappa shape index (κ2) is 5.88. The zero-order chi connectivity index (χ0) is 15.6. The number of ether oxygens (including phenoxy) is 1.